The van der Waals surface area contributed by atoms with Crippen LogP contribution in [0.25, 0.3) is 10.2 Å². The van der Waals surface area contributed by atoms with Crippen LogP contribution in [0.5, 0.6) is 5.75 Å². The van der Waals surface area contributed by atoms with Crippen molar-refractivity contribution in [1.29, 1.82) is 0 Å². The number of primary sulfonamides is 1. The number of methoxy groups -OCH3 is 1. The molecule has 2 N–H and O–H groups in total. The summed E-state index contributed by atoms with van der Waals surface area (Å²) in [6, 6.07) is 10.2. The maximum absolute atomic E-state index is 12.7. The molecule has 1 heterocycles. The van der Waals surface area contributed by atoms with Crippen molar-refractivity contribution in [3.63, 3.8) is 0 Å². The fraction of sp³-hybridized carbons (Fsp3) is 0.333. The van der Waals surface area contributed by atoms with E-state index < -0.39 is 10.0 Å². The van der Waals surface area contributed by atoms with E-state index in [-0.39, 0.29) is 17.2 Å². The largest absolute Gasteiger partial charge is 0.496 e. The SMILES string of the molecule is CCOCCn1c(=NC(=O)Cc2ccc(OC)c(C)c2)sc2cc(S(N)(=O)=O)ccc21. The van der Waals surface area contributed by atoms with Crippen molar-refractivity contribution in [2.24, 2.45) is 10.1 Å². The molecule has 0 atom stereocenters. The van der Waals surface area contributed by atoms with Gasteiger partial charge in [0.25, 0.3) is 5.91 Å². The Hall–Kier alpha value is -2.53. The normalized spacial score (nSPS) is 12.5. The van der Waals surface area contributed by atoms with Gasteiger partial charge in [-0.15, -0.1) is 0 Å². The summed E-state index contributed by atoms with van der Waals surface area (Å²) < 4.78 is 36.7. The minimum Gasteiger partial charge on any atom is -0.496 e. The summed E-state index contributed by atoms with van der Waals surface area (Å²) >= 11 is 1.24. The molecule has 0 bridgehead atoms. The van der Waals surface area contributed by atoms with Crippen molar-refractivity contribution in [3.8, 4) is 5.75 Å². The van der Waals surface area contributed by atoms with Gasteiger partial charge in [-0.05, 0) is 49.2 Å². The topological polar surface area (TPSA) is 113 Å². The summed E-state index contributed by atoms with van der Waals surface area (Å²) in [7, 11) is -2.22. The molecule has 166 valence electrons. The second-order valence-electron chi connectivity index (χ2n) is 6.89. The molecule has 0 radical (unpaired) electrons. The van der Waals surface area contributed by atoms with Gasteiger partial charge in [-0.3, -0.25) is 4.79 Å². The van der Waals surface area contributed by atoms with E-state index in [4.69, 9.17) is 14.6 Å². The molecule has 3 rings (SSSR count). The molecule has 1 amide bonds. The molecule has 3 aromatic rings. The van der Waals surface area contributed by atoms with Gasteiger partial charge in [-0.1, -0.05) is 23.5 Å². The zero-order valence-corrected chi connectivity index (χ0v) is 19.3. The number of rotatable bonds is 8. The first kappa shape index (κ1) is 23.1. The van der Waals surface area contributed by atoms with E-state index in [0.717, 1.165) is 22.4 Å². The first-order chi connectivity index (χ1) is 14.7. The van der Waals surface area contributed by atoms with Gasteiger partial charge >= 0.3 is 0 Å². The third kappa shape index (κ3) is 5.59. The van der Waals surface area contributed by atoms with E-state index in [9.17, 15) is 13.2 Å². The van der Waals surface area contributed by atoms with E-state index in [1.165, 1.54) is 23.5 Å². The number of fused-ring (bicyclic) bond motifs is 1. The first-order valence-corrected chi connectivity index (χ1v) is 12.0. The number of carbonyl (C=O) groups excluding carboxylic acids is 1. The fourth-order valence-electron chi connectivity index (χ4n) is 3.20. The molecule has 0 aliphatic rings. The Morgan fingerprint density at radius 3 is 2.65 bits per heavy atom. The maximum atomic E-state index is 12.7. The van der Waals surface area contributed by atoms with Crippen molar-refractivity contribution in [2.45, 2.75) is 31.7 Å². The van der Waals surface area contributed by atoms with Crippen molar-refractivity contribution >= 4 is 37.5 Å². The summed E-state index contributed by atoms with van der Waals surface area (Å²) in [6.45, 7) is 5.32. The molecular weight excluding hydrogens is 438 g/mol. The van der Waals surface area contributed by atoms with Crippen LogP contribution in [0.3, 0.4) is 0 Å². The van der Waals surface area contributed by atoms with Crippen LogP contribution < -0.4 is 14.7 Å². The molecule has 0 aliphatic carbocycles. The summed E-state index contributed by atoms with van der Waals surface area (Å²) in [6.07, 6.45) is 0.146. The van der Waals surface area contributed by atoms with Gasteiger partial charge in [0.15, 0.2) is 4.80 Å². The number of aryl methyl sites for hydroxylation is 1. The highest BCUT2D eigenvalue weighted by molar-refractivity contribution is 7.89. The Morgan fingerprint density at radius 2 is 2.00 bits per heavy atom. The van der Waals surface area contributed by atoms with Crippen LogP contribution >= 0.6 is 11.3 Å². The second kappa shape index (κ2) is 9.73. The molecule has 0 fully saturated rings. The van der Waals surface area contributed by atoms with Crippen LogP contribution in [0, 0.1) is 6.92 Å². The van der Waals surface area contributed by atoms with Gasteiger partial charge in [-0.2, -0.15) is 4.99 Å². The number of hydrogen-bond donors (Lipinski definition) is 1. The highest BCUT2D eigenvalue weighted by atomic mass is 32.2. The number of hydrogen-bond acceptors (Lipinski definition) is 6. The highest BCUT2D eigenvalue weighted by Crippen LogP contribution is 2.22. The molecule has 2 aromatic carbocycles. The third-order valence-corrected chi connectivity index (χ3v) is 6.63. The molecular formula is C21H25N3O5S2. The van der Waals surface area contributed by atoms with E-state index in [2.05, 4.69) is 4.99 Å². The average Bonchev–Trinajstić information content (AvgIpc) is 3.04. The highest BCUT2D eigenvalue weighted by Gasteiger charge is 2.13. The van der Waals surface area contributed by atoms with Crippen LogP contribution in [0.2, 0.25) is 0 Å². The van der Waals surface area contributed by atoms with E-state index in [0.29, 0.717) is 29.3 Å². The predicted molar refractivity (Wildman–Crippen MR) is 120 cm³/mol. The first-order valence-electron chi connectivity index (χ1n) is 9.68. The lowest BCUT2D eigenvalue weighted by atomic mass is 10.1. The number of benzene rings is 2. The van der Waals surface area contributed by atoms with Crippen LogP contribution in [0.4, 0.5) is 0 Å². The Balaban J connectivity index is 1.99. The zero-order valence-electron chi connectivity index (χ0n) is 17.6. The quantitative estimate of drug-likeness (QED) is 0.515. The van der Waals surface area contributed by atoms with Crippen LogP contribution in [0.15, 0.2) is 46.3 Å². The minimum absolute atomic E-state index is 0.0183. The number of ether oxygens (including phenoxy) is 2. The molecule has 8 nitrogen and oxygen atoms in total. The minimum atomic E-state index is -3.83. The van der Waals surface area contributed by atoms with Crippen molar-refractivity contribution < 1.29 is 22.7 Å². The lowest BCUT2D eigenvalue weighted by Crippen LogP contribution is -2.20. The summed E-state index contributed by atoms with van der Waals surface area (Å²) in [5.74, 6) is 0.463. The van der Waals surface area contributed by atoms with E-state index in [1.807, 2.05) is 36.6 Å². The fourth-order valence-corrected chi connectivity index (χ4v) is 4.93. The molecule has 1 aromatic heterocycles. The van der Waals surface area contributed by atoms with Crippen molar-refractivity contribution in [1.82, 2.24) is 4.57 Å². The summed E-state index contributed by atoms with van der Waals surface area (Å²) in [4.78, 5) is 17.5. The number of carbonyl (C=O) groups is 1. The Bertz CT molecular complexity index is 1280. The number of nitrogens with zero attached hydrogens (tertiary/aromatic N) is 2. The van der Waals surface area contributed by atoms with E-state index in [1.54, 1.807) is 13.2 Å². The standard InChI is InChI=1S/C21H25N3O5S2/c1-4-29-10-9-24-17-7-6-16(31(22,26)27)13-19(17)30-21(24)23-20(25)12-15-5-8-18(28-3)14(2)11-15/h5-8,11,13H,4,9-10,12H2,1-3H3,(H2,22,26,27). The van der Waals surface area contributed by atoms with Crippen molar-refractivity contribution in [3.05, 3.63) is 52.3 Å². The van der Waals surface area contributed by atoms with Crippen LogP contribution in [-0.2, 0) is 32.5 Å². The van der Waals surface area contributed by atoms with E-state index >= 15 is 0 Å². The number of thiazole rings is 1. The monoisotopic (exact) mass is 463 g/mol. The molecule has 10 heteroatoms. The third-order valence-electron chi connectivity index (χ3n) is 4.68. The molecule has 31 heavy (non-hydrogen) atoms. The molecule has 0 spiro atoms. The smallest absolute Gasteiger partial charge is 0.252 e. The molecule has 0 unspecified atom stereocenters. The summed E-state index contributed by atoms with van der Waals surface area (Å²) in [5, 5.41) is 5.25. The predicted octanol–water partition coefficient (Wildman–Crippen LogP) is 2.37. The number of amides is 1. The van der Waals surface area contributed by atoms with Crippen molar-refractivity contribution in [2.75, 3.05) is 20.3 Å². The second-order valence-corrected chi connectivity index (χ2v) is 9.46. The van der Waals surface area contributed by atoms with Crippen LogP contribution in [0.1, 0.15) is 18.1 Å². The molecule has 0 saturated heterocycles. The Morgan fingerprint density at radius 1 is 1.23 bits per heavy atom. The van der Waals surface area contributed by atoms with Crippen LogP contribution in [-0.4, -0.2) is 39.2 Å². The zero-order chi connectivity index (χ0) is 22.6. The Kier molecular flexibility index (Phi) is 7.26. The summed E-state index contributed by atoms with van der Waals surface area (Å²) in [5.41, 5.74) is 2.55. The lowest BCUT2D eigenvalue weighted by Gasteiger charge is -2.07. The lowest BCUT2D eigenvalue weighted by molar-refractivity contribution is -0.117. The van der Waals surface area contributed by atoms with Gasteiger partial charge < -0.3 is 14.0 Å². The molecule has 0 aliphatic heterocycles. The average molecular weight is 464 g/mol. The van der Waals surface area contributed by atoms with Gasteiger partial charge in [0, 0.05) is 13.2 Å². The van der Waals surface area contributed by atoms with Gasteiger partial charge in [0.1, 0.15) is 5.75 Å². The van der Waals surface area contributed by atoms with Gasteiger partial charge in [0.2, 0.25) is 10.0 Å². The number of nitrogens with two attached hydrogens (primary N) is 1. The van der Waals surface area contributed by atoms with Gasteiger partial charge in [-0.25, -0.2) is 13.6 Å². The number of aromatic nitrogens is 1. The Labute approximate surface area is 185 Å². The number of sulfonamides is 1. The van der Waals surface area contributed by atoms with Gasteiger partial charge in [0.05, 0.1) is 35.2 Å². The molecule has 0 saturated carbocycles. The maximum Gasteiger partial charge on any atom is 0.252 e.